The second-order valence-electron chi connectivity index (χ2n) is 3.98. The predicted octanol–water partition coefficient (Wildman–Crippen LogP) is -0.789. The van der Waals surface area contributed by atoms with Crippen LogP contribution in [0.2, 0.25) is 0 Å². The number of hydrogen-bond acceptors (Lipinski definition) is 5. The van der Waals surface area contributed by atoms with Crippen LogP contribution in [0.3, 0.4) is 0 Å². The summed E-state index contributed by atoms with van der Waals surface area (Å²) < 4.78 is 0. The predicted molar refractivity (Wildman–Crippen MR) is 54.3 cm³/mol. The highest BCUT2D eigenvalue weighted by Crippen LogP contribution is 2.06. The van der Waals surface area contributed by atoms with Gasteiger partial charge in [0.25, 0.3) is 0 Å². The fourth-order valence-electron chi connectivity index (χ4n) is 1.55. The van der Waals surface area contributed by atoms with Crippen LogP contribution in [-0.2, 0) is 14.4 Å². The second kappa shape index (κ2) is 5.14. The van der Waals surface area contributed by atoms with Crippen LogP contribution in [0.15, 0.2) is 0 Å². The summed E-state index contributed by atoms with van der Waals surface area (Å²) in [5.41, 5.74) is 0. The van der Waals surface area contributed by atoms with Crippen LogP contribution >= 0.6 is 0 Å². The Balaban J connectivity index is 2.40. The molecule has 0 amide bonds. The Bertz CT molecular complexity index is 278. The maximum atomic E-state index is 11.1. The van der Waals surface area contributed by atoms with Gasteiger partial charge in [-0.05, 0) is 6.92 Å². The largest absolute Gasteiger partial charge is 0.300 e. The van der Waals surface area contributed by atoms with Gasteiger partial charge in [-0.15, -0.1) is 0 Å². The van der Waals surface area contributed by atoms with Gasteiger partial charge in [-0.3, -0.25) is 24.6 Å². The minimum atomic E-state index is -0.423. The van der Waals surface area contributed by atoms with Crippen molar-refractivity contribution in [2.45, 2.75) is 19.9 Å². The molecule has 0 aromatic carbocycles. The molecular formula is C10H16N2O3. The highest BCUT2D eigenvalue weighted by molar-refractivity contribution is 6.27. The van der Waals surface area contributed by atoms with Gasteiger partial charge >= 0.3 is 0 Å². The first-order valence-corrected chi connectivity index (χ1v) is 4.99. The molecule has 0 radical (unpaired) electrons. The van der Waals surface area contributed by atoms with Crippen molar-refractivity contribution >= 4 is 17.9 Å². The van der Waals surface area contributed by atoms with Crippen molar-refractivity contribution in [3.05, 3.63) is 0 Å². The molecule has 0 spiro atoms. The minimum absolute atomic E-state index is 0.0307. The molecule has 0 aliphatic carbocycles. The molecule has 0 aromatic heterocycles. The van der Waals surface area contributed by atoms with E-state index in [0.717, 1.165) is 0 Å². The summed E-state index contributed by atoms with van der Waals surface area (Å²) >= 11 is 0. The molecule has 1 aliphatic rings. The van der Waals surface area contributed by atoms with Crippen LogP contribution in [0.5, 0.6) is 0 Å². The molecule has 0 saturated carbocycles. The van der Waals surface area contributed by atoms with E-state index in [1.54, 1.807) is 6.92 Å². The van der Waals surface area contributed by atoms with Crippen molar-refractivity contribution < 1.29 is 14.4 Å². The lowest BCUT2D eigenvalue weighted by Crippen LogP contribution is -2.34. The Morgan fingerprint density at radius 1 is 1.60 bits per heavy atom. The van der Waals surface area contributed by atoms with Crippen LogP contribution in [0.1, 0.15) is 13.8 Å². The molecule has 1 saturated heterocycles. The van der Waals surface area contributed by atoms with E-state index in [4.69, 9.17) is 0 Å². The molecule has 5 nitrogen and oxygen atoms in total. The molecule has 0 bridgehead atoms. The third kappa shape index (κ3) is 3.21. The third-order valence-electron chi connectivity index (χ3n) is 2.69. The van der Waals surface area contributed by atoms with Crippen LogP contribution in [-0.4, -0.2) is 48.6 Å². The van der Waals surface area contributed by atoms with Crippen molar-refractivity contribution in [1.82, 2.24) is 10.2 Å². The van der Waals surface area contributed by atoms with Crippen LogP contribution in [0.4, 0.5) is 0 Å². The molecule has 0 aromatic rings. The summed E-state index contributed by atoms with van der Waals surface area (Å²) in [6.07, 6.45) is 0.343. The van der Waals surface area contributed by atoms with E-state index in [1.165, 1.54) is 0 Å². The fourth-order valence-corrected chi connectivity index (χ4v) is 1.55. The molecule has 15 heavy (non-hydrogen) atoms. The van der Waals surface area contributed by atoms with Crippen LogP contribution in [0.25, 0.3) is 0 Å². The fraction of sp³-hybridized carbons (Fsp3) is 0.700. The Kier molecular flexibility index (Phi) is 4.11. The molecule has 1 fully saturated rings. The SMILES string of the molecule is CC(=O)C(C)CN1CNC(C(=O)C=O)C1. The van der Waals surface area contributed by atoms with E-state index < -0.39 is 11.8 Å². The number of Topliss-reactive ketones (excluding diaryl/α,β-unsaturated/α-hetero) is 2. The van der Waals surface area contributed by atoms with Gasteiger partial charge < -0.3 is 0 Å². The lowest BCUT2D eigenvalue weighted by Gasteiger charge is -2.17. The molecule has 5 heteroatoms. The topological polar surface area (TPSA) is 66.5 Å². The molecule has 1 rings (SSSR count). The first-order valence-electron chi connectivity index (χ1n) is 4.99. The van der Waals surface area contributed by atoms with Crippen molar-refractivity contribution in [3.8, 4) is 0 Å². The molecule has 84 valence electrons. The Labute approximate surface area is 88.8 Å². The van der Waals surface area contributed by atoms with Crippen molar-refractivity contribution in [2.75, 3.05) is 19.8 Å². The first-order chi connectivity index (χ1) is 7.04. The average Bonchev–Trinajstić information content (AvgIpc) is 2.65. The summed E-state index contributed by atoms with van der Waals surface area (Å²) in [7, 11) is 0. The zero-order valence-corrected chi connectivity index (χ0v) is 9.03. The first kappa shape index (κ1) is 12.0. The van der Waals surface area contributed by atoms with E-state index in [2.05, 4.69) is 5.32 Å². The zero-order chi connectivity index (χ0) is 11.4. The standard InChI is InChI=1S/C10H16N2O3/c1-7(8(2)14)3-12-4-9(11-6-12)10(15)5-13/h5,7,9,11H,3-4,6H2,1-2H3. The van der Waals surface area contributed by atoms with Gasteiger partial charge in [-0.2, -0.15) is 0 Å². The molecule has 1 N–H and O–H groups in total. The highest BCUT2D eigenvalue weighted by atomic mass is 16.2. The lowest BCUT2D eigenvalue weighted by atomic mass is 10.1. The number of aldehydes is 1. The molecular weight excluding hydrogens is 196 g/mol. The van der Waals surface area contributed by atoms with Gasteiger partial charge in [-0.25, -0.2) is 0 Å². The van der Waals surface area contributed by atoms with E-state index in [-0.39, 0.29) is 11.7 Å². The van der Waals surface area contributed by atoms with Gasteiger partial charge in [-0.1, -0.05) is 6.92 Å². The van der Waals surface area contributed by atoms with Crippen molar-refractivity contribution in [2.24, 2.45) is 5.92 Å². The quantitative estimate of drug-likeness (QED) is 0.478. The minimum Gasteiger partial charge on any atom is -0.300 e. The highest BCUT2D eigenvalue weighted by Gasteiger charge is 2.28. The van der Waals surface area contributed by atoms with Gasteiger partial charge in [0.05, 0.1) is 6.04 Å². The Morgan fingerprint density at radius 3 is 2.80 bits per heavy atom. The van der Waals surface area contributed by atoms with Gasteiger partial charge in [0.2, 0.25) is 5.78 Å². The van der Waals surface area contributed by atoms with Crippen LogP contribution in [0, 0.1) is 5.92 Å². The number of carbonyl (C=O) groups excluding carboxylic acids is 3. The lowest BCUT2D eigenvalue weighted by molar-refractivity contribution is -0.130. The number of nitrogens with zero attached hydrogens (tertiary/aromatic N) is 1. The van der Waals surface area contributed by atoms with Crippen molar-refractivity contribution in [3.63, 3.8) is 0 Å². The Morgan fingerprint density at radius 2 is 2.27 bits per heavy atom. The summed E-state index contributed by atoms with van der Waals surface area (Å²) in [6, 6.07) is -0.401. The van der Waals surface area contributed by atoms with E-state index in [9.17, 15) is 14.4 Å². The van der Waals surface area contributed by atoms with E-state index >= 15 is 0 Å². The Hall–Kier alpha value is -1.07. The number of rotatable bonds is 5. The number of nitrogens with one attached hydrogen (secondary N) is 1. The summed E-state index contributed by atoms with van der Waals surface area (Å²) in [5.74, 6) is -0.315. The normalized spacial score (nSPS) is 23.7. The number of carbonyl (C=O) groups is 3. The summed E-state index contributed by atoms with van der Waals surface area (Å²) in [4.78, 5) is 34.3. The van der Waals surface area contributed by atoms with E-state index in [1.807, 2.05) is 11.8 Å². The molecule has 2 atom stereocenters. The van der Waals surface area contributed by atoms with E-state index in [0.29, 0.717) is 26.0 Å². The monoisotopic (exact) mass is 212 g/mol. The summed E-state index contributed by atoms with van der Waals surface area (Å²) in [5, 5.41) is 2.94. The number of ketones is 2. The van der Waals surface area contributed by atoms with Gasteiger partial charge in [0.15, 0.2) is 6.29 Å². The van der Waals surface area contributed by atoms with Gasteiger partial charge in [0.1, 0.15) is 5.78 Å². The number of hydrogen-bond donors (Lipinski definition) is 1. The van der Waals surface area contributed by atoms with Crippen molar-refractivity contribution in [1.29, 1.82) is 0 Å². The third-order valence-corrected chi connectivity index (χ3v) is 2.69. The zero-order valence-electron chi connectivity index (χ0n) is 9.03. The smallest absolute Gasteiger partial charge is 0.213 e. The maximum Gasteiger partial charge on any atom is 0.213 e. The molecule has 1 aliphatic heterocycles. The van der Waals surface area contributed by atoms with Gasteiger partial charge in [0, 0.05) is 25.7 Å². The average molecular weight is 212 g/mol. The second-order valence-corrected chi connectivity index (χ2v) is 3.98. The summed E-state index contributed by atoms with van der Waals surface area (Å²) in [6.45, 7) is 5.11. The van der Waals surface area contributed by atoms with Crippen LogP contribution < -0.4 is 5.32 Å². The maximum absolute atomic E-state index is 11.1. The molecule has 2 unspecified atom stereocenters. The molecule has 1 heterocycles.